The summed E-state index contributed by atoms with van der Waals surface area (Å²) in [6.07, 6.45) is 0. The van der Waals surface area contributed by atoms with E-state index >= 15 is 0 Å². The van der Waals surface area contributed by atoms with Crippen LogP contribution in [-0.2, 0) is 4.74 Å². The zero-order valence-electron chi connectivity index (χ0n) is 9.47. The molecule has 5 heteroatoms. The molecule has 2 N–H and O–H groups in total. The number of methoxy groups -OCH3 is 1. The van der Waals surface area contributed by atoms with Crippen LogP contribution in [0.15, 0.2) is 12.1 Å². The average Bonchev–Trinajstić information content (AvgIpc) is 2.22. The highest BCUT2D eigenvalue weighted by Crippen LogP contribution is 2.13. The molecule has 1 heterocycles. The summed E-state index contributed by atoms with van der Waals surface area (Å²) in [5.74, 6) is 1.27. The third-order valence-electron chi connectivity index (χ3n) is 2.25. The maximum atomic E-state index is 5.49. The number of aromatic nitrogens is 2. The zero-order valence-corrected chi connectivity index (χ0v) is 9.47. The van der Waals surface area contributed by atoms with Crippen molar-refractivity contribution in [2.45, 2.75) is 19.9 Å². The van der Waals surface area contributed by atoms with E-state index < -0.39 is 0 Å². The predicted molar refractivity (Wildman–Crippen MR) is 60.8 cm³/mol. The molecule has 0 aliphatic rings. The smallest absolute Gasteiger partial charge is 0.151 e. The normalized spacial score (nSPS) is 12.5. The van der Waals surface area contributed by atoms with Gasteiger partial charge >= 0.3 is 0 Å². The van der Waals surface area contributed by atoms with E-state index in [1.807, 2.05) is 6.07 Å². The van der Waals surface area contributed by atoms with E-state index in [4.69, 9.17) is 10.5 Å². The summed E-state index contributed by atoms with van der Waals surface area (Å²) in [6, 6.07) is 3.90. The fourth-order valence-corrected chi connectivity index (χ4v) is 1.52. The first kappa shape index (κ1) is 11.7. The minimum atomic E-state index is 0.276. The van der Waals surface area contributed by atoms with Gasteiger partial charge in [-0.05, 0) is 26.0 Å². The van der Waals surface area contributed by atoms with Crippen LogP contribution in [0.1, 0.15) is 13.8 Å². The van der Waals surface area contributed by atoms with Crippen LogP contribution in [0.3, 0.4) is 0 Å². The first-order valence-corrected chi connectivity index (χ1v) is 5.03. The molecule has 1 aromatic rings. The van der Waals surface area contributed by atoms with Gasteiger partial charge in [-0.25, -0.2) is 0 Å². The van der Waals surface area contributed by atoms with E-state index in [0.717, 1.165) is 12.4 Å². The highest BCUT2D eigenvalue weighted by molar-refractivity contribution is 5.42. The predicted octanol–water partition coefficient (Wildman–Crippen LogP) is 0.920. The molecular weight excluding hydrogens is 192 g/mol. The van der Waals surface area contributed by atoms with Crippen molar-refractivity contribution < 1.29 is 4.74 Å². The zero-order chi connectivity index (χ0) is 11.3. The van der Waals surface area contributed by atoms with Gasteiger partial charge in [0.2, 0.25) is 0 Å². The molecule has 0 saturated carbocycles. The van der Waals surface area contributed by atoms with Gasteiger partial charge in [-0.3, -0.25) is 0 Å². The first-order chi connectivity index (χ1) is 7.19. The summed E-state index contributed by atoms with van der Waals surface area (Å²) < 4.78 is 5.12. The summed E-state index contributed by atoms with van der Waals surface area (Å²) >= 11 is 0. The highest BCUT2D eigenvalue weighted by Gasteiger charge is 2.13. The number of nitrogens with zero attached hydrogens (tertiary/aromatic N) is 3. The van der Waals surface area contributed by atoms with Crippen molar-refractivity contribution in [3.63, 3.8) is 0 Å². The van der Waals surface area contributed by atoms with Crippen LogP contribution in [0.5, 0.6) is 0 Å². The molecule has 0 radical (unpaired) electrons. The van der Waals surface area contributed by atoms with Gasteiger partial charge in [0.1, 0.15) is 5.82 Å². The number of rotatable bonds is 5. The Morgan fingerprint density at radius 1 is 1.47 bits per heavy atom. The van der Waals surface area contributed by atoms with E-state index in [9.17, 15) is 0 Å². The number of nitrogens with two attached hydrogens (primary N) is 1. The maximum absolute atomic E-state index is 5.49. The maximum Gasteiger partial charge on any atom is 0.151 e. The molecule has 0 fully saturated rings. The van der Waals surface area contributed by atoms with Gasteiger partial charge < -0.3 is 15.4 Å². The Balaban J connectivity index is 2.77. The molecule has 15 heavy (non-hydrogen) atoms. The molecule has 0 aliphatic heterocycles. The van der Waals surface area contributed by atoms with E-state index in [1.165, 1.54) is 0 Å². The quantitative estimate of drug-likeness (QED) is 0.783. The van der Waals surface area contributed by atoms with Gasteiger partial charge in [-0.1, -0.05) is 0 Å². The standard InChI is InChI=1S/C10H18N4O/c1-4-14(8(2)7-15-3)10-6-5-9(11)12-13-10/h5-6,8H,4,7H2,1-3H3,(H2,11,12). The van der Waals surface area contributed by atoms with Crippen molar-refractivity contribution >= 4 is 11.6 Å². The molecule has 0 saturated heterocycles. The molecule has 1 atom stereocenters. The molecule has 0 bridgehead atoms. The highest BCUT2D eigenvalue weighted by atomic mass is 16.5. The van der Waals surface area contributed by atoms with Crippen molar-refractivity contribution in [2.75, 3.05) is 30.9 Å². The van der Waals surface area contributed by atoms with Crippen LogP contribution in [0, 0.1) is 0 Å². The second-order valence-corrected chi connectivity index (χ2v) is 3.41. The summed E-state index contributed by atoms with van der Waals surface area (Å²) in [4.78, 5) is 2.12. The van der Waals surface area contributed by atoms with Crippen molar-refractivity contribution in [1.29, 1.82) is 0 Å². The van der Waals surface area contributed by atoms with Crippen molar-refractivity contribution in [3.05, 3.63) is 12.1 Å². The van der Waals surface area contributed by atoms with Gasteiger partial charge in [0.25, 0.3) is 0 Å². The van der Waals surface area contributed by atoms with Gasteiger partial charge in [0, 0.05) is 13.7 Å². The molecule has 1 rings (SSSR count). The van der Waals surface area contributed by atoms with E-state index in [0.29, 0.717) is 12.4 Å². The molecule has 5 nitrogen and oxygen atoms in total. The Bertz CT molecular complexity index is 288. The molecule has 1 aromatic heterocycles. The van der Waals surface area contributed by atoms with Crippen molar-refractivity contribution in [1.82, 2.24) is 10.2 Å². The monoisotopic (exact) mass is 210 g/mol. The Labute approximate surface area is 90.2 Å². The van der Waals surface area contributed by atoms with Crippen LogP contribution in [0.2, 0.25) is 0 Å². The number of ether oxygens (including phenoxy) is 1. The molecule has 0 amide bonds. The van der Waals surface area contributed by atoms with Crippen LogP contribution in [0.4, 0.5) is 11.6 Å². The molecule has 0 spiro atoms. The lowest BCUT2D eigenvalue weighted by Crippen LogP contribution is -2.36. The van der Waals surface area contributed by atoms with Crippen LogP contribution in [0.25, 0.3) is 0 Å². The lowest BCUT2D eigenvalue weighted by molar-refractivity contribution is 0.181. The molecule has 0 aliphatic carbocycles. The van der Waals surface area contributed by atoms with Gasteiger partial charge in [-0.15, -0.1) is 10.2 Å². The number of anilines is 2. The molecule has 0 aromatic carbocycles. The average molecular weight is 210 g/mol. The second-order valence-electron chi connectivity index (χ2n) is 3.41. The van der Waals surface area contributed by atoms with E-state index in [2.05, 4.69) is 28.9 Å². The largest absolute Gasteiger partial charge is 0.383 e. The molecular formula is C10H18N4O. The van der Waals surface area contributed by atoms with E-state index in [1.54, 1.807) is 13.2 Å². The lowest BCUT2D eigenvalue weighted by atomic mass is 10.3. The lowest BCUT2D eigenvalue weighted by Gasteiger charge is -2.27. The van der Waals surface area contributed by atoms with Crippen molar-refractivity contribution in [3.8, 4) is 0 Å². The third-order valence-corrected chi connectivity index (χ3v) is 2.25. The minimum absolute atomic E-state index is 0.276. The third kappa shape index (κ3) is 3.06. The number of likely N-dealkylation sites (N-methyl/N-ethyl adjacent to an activating group) is 1. The molecule has 1 unspecified atom stereocenters. The van der Waals surface area contributed by atoms with Crippen LogP contribution >= 0.6 is 0 Å². The SMILES string of the molecule is CCN(c1ccc(N)nn1)C(C)COC. The summed E-state index contributed by atoms with van der Waals surface area (Å²) in [5, 5.41) is 7.88. The van der Waals surface area contributed by atoms with Gasteiger partial charge in [0.15, 0.2) is 5.82 Å². The topological polar surface area (TPSA) is 64.3 Å². The number of nitrogen functional groups attached to an aromatic ring is 1. The summed E-state index contributed by atoms with van der Waals surface area (Å²) in [7, 11) is 1.69. The fraction of sp³-hybridized carbons (Fsp3) is 0.600. The summed E-state index contributed by atoms with van der Waals surface area (Å²) in [5.41, 5.74) is 5.49. The van der Waals surface area contributed by atoms with Gasteiger partial charge in [0.05, 0.1) is 12.6 Å². The van der Waals surface area contributed by atoms with Crippen LogP contribution < -0.4 is 10.6 Å². The fourth-order valence-electron chi connectivity index (χ4n) is 1.52. The van der Waals surface area contributed by atoms with E-state index in [-0.39, 0.29) is 6.04 Å². The Morgan fingerprint density at radius 3 is 2.67 bits per heavy atom. The van der Waals surface area contributed by atoms with Gasteiger partial charge in [-0.2, -0.15) is 0 Å². The second kappa shape index (κ2) is 5.50. The molecule has 84 valence electrons. The first-order valence-electron chi connectivity index (χ1n) is 5.03. The summed E-state index contributed by atoms with van der Waals surface area (Å²) in [6.45, 7) is 5.69. The van der Waals surface area contributed by atoms with Crippen molar-refractivity contribution in [2.24, 2.45) is 0 Å². The Morgan fingerprint density at radius 2 is 2.20 bits per heavy atom. The van der Waals surface area contributed by atoms with Crippen LogP contribution in [-0.4, -0.2) is 36.5 Å². The number of hydrogen-bond donors (Lipinski definition) is 1. The Kier molecular flexibility index (Phi) is 4.30. The minimum Gasteiger partial charge on any atom is -0.383 e. The Hall–Kier alpha value is -1.36. The number of hydrogen-bond acceptors (Lipinski definition) is 5.